The Morgan fingerprint density at radius 2 is 1.27 bits per heavy atom. The molecule has 0 aliphatic rings. The molecule has 0 fully saturated rings. The highest BCUT2D eigenvalue weighted by Gasteiger charge is 2.16. The van der Waals surface area contributed by atoms with Gasteiger partial charge in [-0.15, -0.1) is 10.2 Å². The van der Waals surface area contributed by atoms with E-state index >= 15 is 0 Å². The van der Waals surface area contributed by atoms with Gasteiger partial charge >= 0.3 is 0 Å². The maximum absolute atomic E-state index is 4.37. The Balaban J connectivity index is 0.000000151. The number of imidazole rings is 1. The van der Waals surface area contributed by atoms with Crippen LogP contribution >= 0.6 is 0 Å². The third-order valence-corrected chi connectivity index (χ3v) is 4.01. The van der Waals surface area contributed by atoms with Crippen molar-refractivity contribution in [1.82, 2.24) is 34.0 Å². The van der Waals surface area contributed by atoms with Crippen molar-refractivity contribution in [1.29, 1.82) is 0 Å². The largest absolute Gasteiger partial charge is 0.290 e. The highest BCUT2D eigenvalue weighted by molar-refractivity contribution is 5.40. The maximum atomic E-state index is 4.37. The van der Waals surface area contributed by atoms with Crippen LogP contribution in [-0.4, -0.2) is 34.0 Å². The van der Waals surface area contributed by atoms with Crippen molar-refractivity contribution in [3.8, 4) is 0 Å². The van der Waals surface area contributed by atoms with Gasteiger partial charge in [-0.2, -0.15) is 0 Å². The van der Waals surface area contributed by atoms with Crippen molar-refractivity contribution in [3.63, 3.8) is 0 Å². The van der Waals surface area contributed by atoms with Gasteiger partial charge in [0.2, 0.25) is 0 Å². The Hall–Kier alpha value is -2.83. The summed E-state index contributed by atoms with van der Waals surface area (Å²) in [6, 6.07) is 3.99. The average Bonchev–Trinajstić information content (AvgIpc) is 3.21. The fourth-order valence-corrected chi connectivity index (χ4v) is 2.37. The van der Waals surface area contributed by atoms with Crippen LogP contribution in [0.3, 0.4) is 0 Å². The standard InChI is InChI=1S/C10H13N3.C9H12N4/c1-10(2,3)8-6-9-11-4-5-13(9)7-12-8;1-9(2,3)7-4-8-12-11-6-13(8)5-10-7/h4-7H,1-3H3;4-6H,1-3H3. The van der Waals surface area contributed by atoms with E-state index in [-0.39, 0.29) is 10.8 Å². The van der Waals surface area contributed by atoms with Crippen molar-refractivity contribution < 1.29 is 0 Å². The molecule has 4 rings (SSSR count). The number of hydrogen-bond donors (Lipinski definition) is 0. The van der Waals surface area contributed by atoms with Gasteiger partial charge in [-0.1, -0.05) is 41.5 Å². The van der Waals surface area contributed by atoms with Crippen LogP contribution in [0.5, 0.6) is 0 Å². The molecular formula is C19H25N7. The van der Waals surface area contributed by atoms with Gasteiger partial charge in [0.25, 0.3) is 0 Å². The van der Waals surface area contributed by atoms with E-state index in [1.807, 2.05) is 29.1 Å². The Kier molecular flexibility index (Phi) is 4.48. The SMILES string of the molecule is CC(C)(C)c1cc2nccn2cn1.CC(C)(C)c1cc2nncn2cn1. The van der Waals surface area contributed by atoms with Crippen LogP contribution in [0.15, 0.2) is 43.5 Å². The second-order valence-electron chi connectivity index (χ2n) is 8.34. The predicted octanol–water partition coefficient (Wildman–Crippen LogP) is 3.45. The van der Waals surface area contributed by atoms with E-state index in [1.54, 1.807) is 23.3 Å². The van der Waals surface area contributed by atoms with Gasteiger partial charge in [0.05, 0.1) is 11.4 Å². The van der Waals surface area contributed by atoms with Gasteiger partial charge in [0, 0.05) is 35.4 Å². The van der Waals surface area contributed by atoms with Crippen LogP contribution in [0.25, 0.3) is 11.3 Å². The van der Waals surface area contributed by atoms with E-state index in [1.165, 1.54) is 0 Å². The zero-order valence-electron chi connectivity index (χ0n) is 16.2. The Labute approximate surface area is 153 Å². The van der Waals surface area contributed by atoms with Crippen LogP contribution in [0.2, 0.25) is 0 Å². The van der Waals surface area contributed by atoms with Gasteiger partial charge < -0.3 is 0 Å². The highest BCUT2D eigenvalue weighted by atomic mass is 15.2. The lowest BCUT2D eigenvalue weighted by Crippen LogP contribution is -2.13. The minimum Gasteiger partial charge on any atom is -0.290 e. The molecule has 0 amide bonds. The summed E-state index contributed by atoms with van der Waals surface area (Å²) in [5, 5.41) is 7.76. The normalized spacial score (nSPS) is 12.2. The van der Waals surface area contributed by atoms with Crippen molar-refractivity contribution >= 4 is 11.3 Å². The molecule has 4 heterocycles. The summed E-state index contributed by atoms with van der Waals surface area (Å²) < 4.78 is 3.71. The quantitative estimate of drug-likeness (QED) is 0.485. The molecule has 0 N–H and O–H groups in total. The van der Waals surface area contributed by atoms with E-state index in [0.717, 1.165) is 22.7 Å². The summed E-state index contributed by atoms with van der Waals surface area (Å²) >= 11 is 0. The molecule has 0 saturated carbocycles. The van der Waals surface area contributed by atoms with Gasteiger partial charge in [-0.05, 0) is 0 Å². The lowest BCUT2D eigenvalue weighted by atomic mass is 9.92. The van der Waals surface area contributed by atoms with Crippen LogP contribution in [0.4, 0.5) is 0 Å². The third-order valence-electron chi connectivity index (χ3n) is 4.01. The summed E-state index contributed by atoms with van der Waals surface area (Å²) in [5.41, 5.74) is 4.07. The fourth-order valence-electron chi connectivity index (χ4n) is 2.37. The van der Waals surface area contributed by atoms with Crippen LogP contribution in [0.1, 0.15) is 52.9 Å². The first-order chi connectivity index (χ1) is 12.1. The minimum atomic E-state index is 0.0632. The Morgan fingerprint density at radius 1 is 0.692 bits per heavy atom. The molecule has 0 saturated heterocycles. The van der Waals surface area contributed by atoms with Crippen LogP contribution in [0, 0.1) is 0 Å². The highest BCUT2D eigenvalue weighted by Crippen LogP contribution is 2.20. The fraction of sp³-hybridized carbons (Fsp3) is 0.421. The molecule has 0 unspecified atom stereocenters. The topological polar surface area (TPSA) is 73.3 Å². The number of rotatable bonds is 0. The molecule has 136 valence electrons. The molecule has 4 aromatic rings. The first kappa shape index (κ1) is 18.0. The number of nitrogens with zero attached hydrogens (tertiary/aromatic N) is 7. The smallest absolute Gasteiger partial charge is 0.163 e. The Morgan fingerprint density at radius 3 is 1.88 bits per heavy atom. The first-order valence-corrected chi connectivity index (χ1v) is 8.60. The van der Waals surface area contributed by atoms with Crippen LogP contribution < -0.4 is 0 Å². The molecule has 0 bridgehead atoms. The molecule has 0 radical (unpaired) electrons. The Bertz CT molecular complexity index is 931. The molecule has 7 nitrogen and oxygen atoms in total. The molecule has 26 heavy (non-hydrogen) atoms. The summed E-state index contributed by atoms with van der Waals surface area (Å²) in [5.74, 6) is 0. The van der Waals surface area contributed by atoms with Crippen molar-refractivity contribution in [2.75, 3.05) is 0 Å². The lowest BCUT2D eigenvalue weighted by Gasteiger charge is -2.16. The molecule has 0 spiro atoms. The average molecular weight is 351 g/mol. The monoisotopic (exact) mass is 351 g/mol. The van der Waals surface area contributed by atoms with Gasteiger partial charge in [-0.3, -0.25) is 8.80 Å². The molecule has 0 aromatic carbocycles. The zero-order chi connectivity index (χ0) is 18.9. The van der Waals surface area contributed by atoms with Gasteiger partial charge in [0.1, 0.15) is 24.6 Å². The number of aromatic nitrogens is 7. The molecule has 0 aliphatic heterocycles. The summed E-state index contributed by atoms with van der Waals surface area (Å²) in [4.78, 5) is 12.9. The third kappa shape index (κ3) is 3.87. The van der Waals surface area contributed by atoms with Crippen molar-refractivity contribution in [2.45, 2.75) is 52.4 Å². The van der Waals surface area contributed by atoms with Crippen molar-refractivity contribution in [3.05, 3.63) is 54.9 Å². The second-order valence-corrected chi connectivity index (χ2v) is 8.34. The number of fused-ring (bicyclic) bond motifs is 2. The van der Waals surface area contributed by atoms with E-state index in [9.17, 15) is 0 Å². The minimum absolute atomic E-state index is 0.0632. The summed E-state index contributed by atoms with van der Waals surface area (Å²) in [7, 11) is 0. The molecule has 0 atom stereocenters. The van der Waals surface area contributed by atoms with Gasteiger partial charge in [-0.25, -0.2) is 15.0 Å². The predicted molar refractivity (Wildman–Crippen MR) is 101 cm³/mol. The summed E-state index contributed by atoms with van der Waals surface area (Å²) in [6.07, 6.45) is 8.88. The molecule has 7 heteroatoms. The van der Waals surface area contributed by atoms with Crippen molar-refractivity contribution in [2.24, 2.45) is 0 Å². The molecule has 0 aliphatic carbocycles. The van der Waals surface area contributed by atoms with E-state index < -0.39 is 0 Å². The molecule has 4 aromatic heterocycles. The van der Waals surface area contributed by atoms with E-state index in [2.05, 4.69) is 66.7 Å². The number of hydrogen-bond acceptors (Lipinski definition) is 5. The maximum Gasteiger partial charge on any atom is 0.163 e. The molecular weight excluding hydrogens is 326 g/mol. The van der Waals surface area contributed by atoms with Crippen LogP contribution in [-0.2, 0) is 10.8 Å². The first-order valence-electron chi connectivity index (χ1n) is 8.60. The zero-order valence-corrected chi connectivity index (χ0v) is 16.2. The lowest BCUT2D eigenvalue weighted by molar-refractivity contribution is 0.567. The van der Waals surface area contributed by atoms with E-state index in [4.69, 9.17) is 0 Å². The van der Waals surface area contributed by atoms with Gasteiger partial charge in [0.15, 0.2) is 5.65 Å². The summed E-state index contributed by atoms with van der Waals surface area (Å²) in [6.45, 7) is 12.8. The second kappa shape index (κ2) is 6.48. The van der Waals surface area contributed by atoms with E-state index in [0.29, 0.717) is 0 Å².